The Morgan fingerprint density at radius 2 is 1.69 bits per heavy atom. The Kier molecular flexibility index (Phi) is 6.96. The van der Waals surface area contributed by atoms with Gasteiger partial charge in [0, 0.05) is 11.3 Å². The predicted molar refractivity (Wildman–Crippen MR) is 101 cm³/mol. The Balaban J connectivity index is 2.11. The van der Waals surface area contributed by atoms with Gasteiger partial charge in [-0.15, -0.1) is 0 Å². The van der Waals surface area contributed by atoms with Crippen molar-refractivity contribution in [1.29, 1.82) is 0 Å². The van der Waals surface area contributed by atoms with Gasteiger partial charge in [0.25, 0.3) is 0 Å². The number of nitrogens with one attached hydrogen (secondary N) is 1. The molecule has 26 heavy (non-hydrogen) atoms. The third-order valence-corrected chi connectivity index (χ3v) is 5.99. The average molecular weight is 393 g/mol. The molecule has 0 amide bonds. The summed E-state index contributed by atoms with van der Waals surface area (Å²) in [4.78, 5) is 24.2. The van der Waals surface area contributed by atoms with Gasteiger partial charge in [-0.1, -0.05) is 59.8 Å². The molecule has 0 aliphatic rings. The van der Waals surface area contributed by atoms with Crippen LogP contribution in [0.15, 0.2) is 59.5 Å². The van der Waals surface area contributed by atoms with E-state index >= 15 is 0 Å². The molecule has 0 aliphatic carbocycles. The standard InChI is InChI=1S/C18H19NO5S2/c1-13-8-10-15(11-9-13)26(22,23)19-16(17(20)24-2)12-25-18(21)14-6-4-3-5-7-14/h3-11,16,19H,12H2,1-2H3. The number of aryl methyl sites for hydroxylation is 1. The smallest absolute Gasteiger partial charge is 0.324 e. The predicted octanol–water partition coefficient (Wildman–Crippen LogP) is 2.39. The van der Waals surface area contributed by atoms with E-state index in [-0.39, 0.29) is 15.8 Å². The minimum Gasteiger partial charge on any atom is -0.468 e. The van der Waals surface area contributed by atoms with E-state index in [2.05, 4.69) is 9.46 Å². The van der Waals surface area contributed by atoms with Crippen LogP contribution in [-0.2, 0) is 19.6 Å². The van der Waals surface area contributed by atoms with Crippen molar-refractivity contribution in [2.45, 2.75) is 17.9 Å². The van der Waals surface area contributed by atoms with Gasteiger partial charge >= 0.3 is 5.97 Å². The van der Waals surface area contributed by atoms with Crippen molar-refractivity contribution >= 4 is 32.9 Å². The van der Waals surface area contributed by atoms with Gasteiger partial charge in [-0.25, -0.2) is 8.42 Å². The monoisotopic (exact) mass is 393 g/mol. The number of methoxy groups -OCH3 is 1. The van der Waals surface area contributed by atoms with Crippen molar-refractivity contribution in [2.24, 2.45) is 0 Å². The van der Waals surface area contributed by atoms with E-state index in [1.54, 1.807) is 42.5 Å². The van der Waals surface area contributed by atoms with E-state index in [0.29, 0.717) is 5.56 Å². The molecule has 138 valence electrons. The second-order valence-corrected chi connectivity index (χ2v) is 8.18. The SMILES string of the molecule is COC(=O)C(CSC(=O)c1ccccc1)NS(=O)(=O)c1ccc(C)cc1. The lowest BCUT2D eigenvalue weighted by Gasteiger charge is -2.16. The number of hydrogen-bond donors (Lipinski definition) is 1. The number of rotatable bonds is 7. The minimum atomic E-state index is -3.92. The van der Waals surface area contributed by atoms with Crippen LogP contribution in [-0.4, -0.2) is 38.4 Å². The summed E-state index contributed by atoms with van der Waals surface area (Å²) < 4.78 is 31.9. The number of ether oxygens (including phenoxy) is 1. The highest BCUT2D eigenvalue weighted by Crippen LogP contribution is 2.16. The summed E-state index contributed by atoms with van der Waals surface area (Å²) in [5, 5.41) is -0.256. The lowest BCUT2D eigenvalue weighted by atomic mass is 10.2. The van der Waals surface area contributed by atoms with Gasteiger partial charge in [0.15, 0.2) is 0 Å². The molecule has 0 saturated heterocycles. The maximum Gasteiger partial charge on any atom is 0.324 e. The summed E-state index contributed by atoms with van der Waals surface area (Å²) in [5.41, 5.74) is 1.39. The number of carbonyl (C=O) groups excluding carboxylic acids is 2. The van der Waals surface area contributed by atoms with Crippen LogP contribution in [0.2, 0.25) is 0 Å². The largest absolute Gasteiger partial charge is 0.468 e. The van der Waals surface area contributed by atoms with Gasteiger partial charge in [-0.2, -0.15) is 4.72 Å². The molecule has 0 aliphatic heterocycles. The van der Waals surface area contributed by atoms with Crippen molar-refractivity contribution < 1.29 is 22.7 Å². The summed E-state index contributed by atoms with van der Waals surface area (Å²) in [5.74, 6) is -0.833. The number of hydrogen-bond acceptors (Lipinski definition) is 6. The fourth-order valence-corrected chi connectivity index (χ4v) is 4.21. The second-order valence-electron chi connectivity index (χ2n) is 5.47. The second kappa shape index (κ2) is 8.98. The average Bonchev–Trinajstić information content (AvgIpc) is 2.65. The highest BCUT2D eigenvalue weighted by Gasteiger charge is 2.27. The van der Waals surface area contributed by atoms with Crippen LogP contribution < -0.4 is 4.72 Å². The Hall–Kier alpha value is -2.16. The molecule has 2 aromatic rings. The zero-order valence-corrected chi connectivity index (χ0v) is 16.0. The molecule has 2 rings (SSSR count). The first-order valence-corrected chi connectivity index (χ1v) is 10.2. The summed E-state index contributed by atoms with van der Waals surface area (Å²) >= 11 is 0.853. The van der Waals surface area contributed by atoms with E-state index in [9.17, 15) is 18.0 Å². The van der Waals surface area contributed by atoms with E-state index < -0.39 is 22.0 Å². The van der Waals surface area contributed by atoms with Crippen LogP contribution in [0, 0.1) is 6.92 Å². The van der Waals surface area contributed by atoms with Gasteiger partial charge < -0.3 is 4.74 Å². The van der Waals surface area contributed by atoms with Crippen LogP contribution in [0.25, 0.3) is 0 Å². The van der Waals surface area contributed by atoms with E-state index in [0.717, 1.165) is 17.3 Å². The Morgan fingerprint density at radius 1 is 1.08 bits per heavy atom. The molecular weight excluding hydrogens is 374 g/mol. The number of sulfonamides is 1. The summed E-state index contributed by atoms with van der Waals surface area (Å²) in [6.45, 7) is 1.84. The van der Waals surface area contributed by atoms with Crippen LogP contribution in [0.1, 0.15) is 15.9 Å². The zero-order chi connectivity index (χ0) is 19.2. The molecule has 1 atom stereocenters. The summed E-state index contributed by atoms with van der Waals surface area (Å²) in [6, 6.07) is 13.6. The van der Waals surface area contributed by atoms with Crippen LogP contribution >= 0.6 is 11.8 Å². The van der Waals surface area contributed by atoms with Crippen molar-refractivity contribution in [3.05, 3.63) is 65.7 Å². The molecule has 0 aromatic heterocycles. The van der Waals surface area contributed by atoms with Gasteiger partial charge in [0.2, 0.25) is 15.1 Å². The van der Waals surface area contributed by atoms with Crippen LogP contribution in [0.5, 0.6) is 0 Å². The Labute approximate surface area is 157 Å². The fraction of sp³-hybridized carbons (Fsp3) is 0.222. The molecule has 0 saturated carbocycles. The number of esters is 1. The van der Waals surface area contributed by atoms with Gasteiger partial charge in [-0.05, 0) is 19.1 Å². The van der Waals surface area contributed by atoms with Gasteiger partial charge in [-0.3, -0.25) is 9.59 Å². The van der Waals surface area contributed by atoms with E-state index in [1.807, 2.05) is 6.92 Å². The highest BCUT2D eigenvalue weighted by atomic mass is 32.2. The maximum atomic E-state index is 12.5. The molecule has 0 spiro atoms. The van der Waals surface area contributed by atoms with Gasteiger partial charge in [0.05, 0.1) is 12.0 Å². The topological polar surface area (TPSA) is 89.5 Å². The molecule has 1 unspecified atom stereocenters. The first kappa shape index (κ1) is 20.2. The Morgan fingerprint density at radius 3 is 2.27 bits per heavy atom. The quantitative estimate of drug-likeness (QED) is 0.727. The number of benzene rings is 2. The summed E-state index contributed by atoms with van der Waals surface area (Å²) in [6.07, 6.45) is 0. The maximum absolute atomic E-state index is 12.5. The summed E-state index contributed by atoms with van der Waals surface area (Å²) in [7, 11) is -2.75. The van der Waals surface area contributed by atoms with Crippen molar-refractivity contribution in [1.82, 2.24) is 4.72 Å². The van der Waals surface area contributed by atoms with Crippen LogP contribution in [0.4, 0.5) is 0 Å². The molecule has 8 heteroatoms. The van der Waals surface area contributed by atoms with E-state index in [4.69, 9.17) is 0 Å². The number of carbonyl (C=O) groups is 2. The normalized spacial score (nSPS) is 12.4. The highest BCUT2D eigenvalue weighted by molar-refractivity contribution is 8.14. The molecule has 0 bridgehead atoms. The van der Waals surface area contributed by atoms with Crippen molar-refractivity contribution in [3.63, 3.8) is 0 Å². The minimum absolute atomic E-state index is 0.0383. The molecule has 2 aromatic carbocycles. The molecule has 0 radical (unpaired) electrons. The lowest BCUT2D eigenvalue weighted by Crippen LogP contribution is -2.43. The molecule has 0 heterocycles. The van der Waals surface area contributed by atoms with Crippen molar-refractivity contribution in [3.8, 4) is 0 Å². The molecular formula is C18H19NO5S2. The van der Waals surface area contributed by atoms with E-state index in [1.165, 1.54) is 19.2 Å². The fourth-order valence-electron chi connectivity index (χ4n) is 2.08. The molecule has 0 fully saturated rings. The Bertz CT molecular complexity index is 864. The number of thioether (sulfide) groups is 1. The third kappa shape index (κ3) is 5.42. The zero-order valence-electron chi connectivity index (χ0n) is 14.3. The molecule has 6 nitrogen and oxygen atoms in total. The molecule has 1 N–H and O–H groups in total. The van der Waals surface area contributed by atoms with Crippen molar-refractivity contribution in [2.75, 3.05) is 12.9 Å². The first-order valence-electron chi connectivity index (χ1n) is 7.72. The first-order chi connectivity index (χ1) is 12.3. The van der Waals surface area contributed by atoms with Gasteiger partial charge in [0.1, 0.15) is 6.04 Å². The lowest BCUT2D eigenvalue weighted by molar-refractivity contribution is -0.141. The third-order valence-electron chi connectivity index (χ3n) is 3.50. The van der Waals surface area contributed by atoms with Crippen LogP contribution in [0.3, 0.4) is 0 Å².